The highest BCUT2D eigenvalue weighted by atomic mass is 16.7. The number of ether oxygens (including phenoxy) is 5. The Balaban J connectivity index is 1.39. The molecule has 8 rings (SSSR count). The molecule has 0 aromatic carbocycles. The molecule has 1 aromatic heterocycles. The van der Waals surface area contributed by atoms with Crippen molar-refractivity contribution >= 4 is 17.9 Å². The lowest BCUT2D eigenvalue weighted by Crippen LogP contribution is -2.83. The van der Waals surface area contributed by atoms with Crippen molar-refractivity contribution in [2.75, 3.05) is 13.7 Å². The van der Waals surface area contributed by atoms with Crippen LogP contribution in [0.3, 0.4) is 0 Å². The van der Waals surface area contributed by atoms with E-state index < -0.39 is 69.7 Å². The highest BCUT2D eigenvalue weighted by Crippen LogP contribution is 2.82. The van der Waals surface area contributed by atoms with Crippen LogP contribution < -0.4 is 0 Å². The van der Waals surface area contributed by atoms with Crippen LogP contribution in [-0.4, -0.2) is 60.3 Å². The minimum absolute atomic E-state index is 0.0158. The van der Waals surface area contributed by atoms with Crippen molar-refractivity contribution in [3.63, 3.8) is 0 Å². The van der Waals surface area contributed by atoms with E-state index >= 15 is 0 Å². The summed E-state index contributed by atoms with van der Waals surface area (Å²) in [6.45, 7) is 11.5. The van der Waals surface area contributed by atoms with E-state index in [0.29, 0.717) is 12.8 Å². The highest BCUT2D eigenvalue weighted by molar-refractivity contribution is 5.87. The van der Waals surface area contributed by atoms with Gasteiger partial charge in [0, 0.05) is 45.6 Å². The lowest BCUT2D eigenvalue weighted by Gasteiger charge is -2.74. The molecule has 0 radical (unpaired) electrons. The monoisotopic (exact) mass is 570 g/mol. The second-order valence-corrected chi connectivity index (χ2v) is 13.9. The number of epoxide rings is 1. The fourth-order valence-electron chi connectivity index (χ4n) is 10.3. The largest absolute Gasteiger partial charge is 0.472 e. The molecule has 7 fully saturated rings. The number of cyclic esters (lactones) is 1. The van der Waals surface area contributed by atoms with E-state index in [1.165, 1.54) is 7.11 Å². The first-order chi connectivity index (χ1) is 19.3. The molecule has 1 N–H and O–H groups in total. The van der Waals surface area contributed by atoms with E-state index in [9.17, 15) is 19.5 Å². The molecule has 5 heterocycles. The van der Waals surface area contributed by atoms with E-state index in [-0.39, 0.29) is 42.8 Å². The van der Waals surface area contributed by atoms with Gasteiger partial charge in [0.05, 0.1) is 44.7 Å². The molecule has 1 aromatic rings. The molecule has 3 aliphatic carbocycles. The van der Waals surface area contributed by atoms with Crippen LogP contribution in [0.1, 0.15) is 65.0 Å². The van der Waals surface area contributed by atoms with Gasteiger partial charge in [0.2, 0.25) is 0 Å². The zero-order valence-corrected chi connectivity index (χ0v) is 24.1. The molecular weight excluding hydrogens is 532 g/mol. The van der Waals surface area contributed by atoms with Crippen LogP contribution >= 0.6 is 0 Å². The molecule has 12 atom stereocenters. The van der Waals surface area contributed by atoms with Crippen LogP contribution in [0.15, 0.2) is 35.2 Å². The SMILES string of the molecule is C=C(C)C(=O)OC1C2C3OC34C3CC(=O)OC(c5ccoc5)C3(C)CCC4C3(C)C(CC(=O)OC)C1(C)COC23O. The summed E-state index contributed by atoms with van der Waals surface area (Å²) < 4.78 is 35.8. The van der Waals surface area contributed by atoms with E-state index in [2.05, 4.69) is 13.5 Å². The third-order valence-corrected chi connectivity index (χ3v) is 12.2. The molecule has 10 heteroatoms. The summed E-state index contributed by atoms with van der Waals surface area (Å²) in [6.07, 6.45) is 2.89. The number of fused-ring (bicyclic) bond motifs is 2. The van der Waals surface area contributed by atoms with Crippen molar-refractivity contribution in [2.45, 2.75) is 83.1 Å². The van der Waals surface area contributed by atoms with Gasteiger partial charge in [-0.15, -0.1) is 0 Å². The molecule has 10 nitrogen and oxygen atoms in total. The van der Waals surface area contributed by atoms with E-state index in [1.54, 1.807) is 19.5 Å². The van der Waals surface area contributed by atoms with Crippen LogP contribution in [0.25, 0.3) is 0 Å². The summed E-state index contributed by atoms with van der Waals surface area (Å²) in [6, 6.07) is 1.83. The van der Waals surface area contributed by atoms with Crippen LogP contribution in [0.4, 0.5) is 0 Å². The van der Waals surface area contributed by atoms with Crippen LogP contribution in [0.5, 0.6) is 0 Å². The third kappa shape index (κ3) is 3.06. The third-order valence-electron chi connectivity index (χ3n) is 12.2. The molecule has 4 saturated heterocycles. The van der Waals surface area contributed by atoms with Gasteiger partial charge in [0.1, 0.15) is 17.8 Å². The summed E-state index contributed by atoms with van der Waals surface area (Å²) in [7, 11) is 1.35. The number of aliphatic hydroxyl groups is 1. The molecule has 222 valence electrons. The molecule has 41 heavy (non-hydrogen) atoms. The maximum absolute atomic E-state index is 13.2. The number of hydrogen-bond donors (Lipinski definition) is 1. The van der Waals surface area contributed by atoms with Crippen molar-refractivity contribution in [2.24, 2.45) is 39.9 Å². The molecule has 3 saturated carbocycles. The molecular formula is C31H38O10. The van der Waals surface area contributed by atoms with E-state index in [0.717, 1.165) is 5.56 Å². The Morgan fingerprint density at radius 1 is 1.20 bits per heavy atom. The Kier molecular flexibility index (Phi) is 5.45. The minimum Gasteiger partial charge on any atom is -0.472 e. The van der Waals surface area contributed by atoms with Gasteiger partial charge in [-0.2, -0.15) is 0 Å². The standard InChI is InChI=1S/C31H38O10/c1-15(2)26(34)40-24-22-25-30(41-25)17(29(5)18(11-20(32)36-6)28(24,4)14-38-31(22,29)35)7-9-27(3)19(30)12-21(33)39-23(27)16-8-10-37-13-16/h8,10,13,17-19,22-25,35H,1,7,9,11-12,14H2,2-6H3. The van der Waals surface area contributed by atoms with Gasteiger partial charge in [0.15, 0.2) is 5.79 Å². The number of carbonyl (C=O) groups excluding carboxylic acids is 3. The molecule has 4 bridgehead atoms. The number of rotatable bonds is 5. The first-order valence-corrected chi connectivity index (χ1v) is 14.5. The van der Waals surface area contributed by atoms with E-state index in [4.69, 9.17) is 28.1 Å². The Bertz CT molecular complexity index is 1340. The summed E-state index contributed by atoms with van der Waals surface area (Å²) in [5.41, 5.74) is -2.02. The topological polar surface area (TPSA) is 134 Å². The number of methoxy groups -OCH3 is 1. The van der Waals surface area contributed by atoms with Gasteiger partial charge >= 0.3 is 17.9 Å². The molecule has 0 amide bonds. The van der Waals surface area contributed by atoms with Gasteiger partial charge in [-0.05, 0) is 31.7 Å². The summed E-state index contributed by atoms with van der Waals surface area (Å²) in [5, 5.41) is 12.6. The zero-order chi connectivity index (χ0) is 29.3. The molecule has 4 aliphatic heterocycles. The Hall–Kier alpha value is -2.69. The van der Waals surface area contributed by atoms with Gasteiger partial charge in [0.25, 0.3) is 0 Å². The fraction of sp³-hybridized carbons (Fsp3) is 0.710. The van der Waals surface area contributed by atoms with Crippen LogP contribution in [0.2, 0.25) is 0 Å². The van der Waals surface area contributed by atoms with Gasteiger partial charge in [-0.25, -0.2) is 4.79 Å². The summed E-state index contributed by atoms with van der Waals surface area (Å²) in [5.74, 6) is -4.70. The zero-order valence-electron chi connectivity index (χ0n) is 24.1. The van der Waals surface area contributed by atoms with Crippen molar-refractivity contribution in [1.82, 2.24) is 0 Å². The fourth-order valence-corrected chi connectivity index (χ4v) is 10.3. The van der Waals surface area contributed by atoms with Crippen molar-refractivity contribution in [1.29, 1.82) is 0 Å². The summed E-state index contributed by atoms with van der Waals surface area (Å²) >= 11 is 0. The van der Waals surface area contributed by atoms with Crippen LogP contribution in [0, 0.1) is 39.9 Å². The molecule has 12 unspecified atom stereocenters. The normalized spacial score (nSPS) is 50.5. The van der Waals surface area contributed by atoms with Crippen LogP contribution in [-0.2, 0) is 38.1 Å². The average molecular weight is 571 g/mol. The predicted molar refractivity (Wildman–Crippen MR) is 140 cm³/mol. The first-order valence-electron chi connectivity index (χ1n) is 14.5. The van der Waals surface area contributed by atoms with Gasteiger partial charge in [-0.3, -0.25) is 9.59 Å². The van der Waals surface area contributed by atoms with Crippen molar-refractivity contribution < 1.29 is 47.6 Å². The van der Waals surface area contributed by atoms with Crippen molar-refractivity contribution in [3.05, 3.63) is 36.3 Å². The Morgan fingerprint density at radius 3 is 2.61 bits per heavy atom. The minimum atomic E-state index is -1.73. The average Bonchev–Trinajstić information content (AvgIpc) is 3.37. The first kappa shape index (κ1) is 27.2. The lowest BCUT2D eigenvalue weighted by molar-refractivity contribution is -0.446. The van der Waals surface area contributed by atoms with Gasteiger partial charge < -0.3 is 33.2 Å². The highest BCUT2D eigenvalue weighted by Gasteiger charge is 2.91. The molecule has 7 aliphatic rings. The van der Waals surface area contributed by atoms with E-state index in [1.807, 2.05) is 19.9 Å². The summed E-state index contributed by atoms with van der Waals surface area (Å²) in [4.78, 5) is 39.1. The number of esters is 3. The quantitative estimate of drug-likeness (QED) is 0.243. The smallest absolute Gasteiger partial charge is 0.333 e. The Morgan fingerprint density at radius 2 is 1.95 bits per heavy atom. The Labute approximate surface area is 238 Å². The lowest BCUT2D eigenvalue weighted by atomic mass is 9.34. The number of hydrogen-bond acceptors (Lipinski definition) is 10. The maximum Gasteiger partial charge on any atom is 0.333 e. The predicted octanol–water partition coefficient (Wildman–Crippen LogP) is 3.48. The number of carbonyl (C=O) groups is 3. The second-order valence-electron chi connectivity index (χ2n) is 13.9. The number of furan rings is 1. The molecule has 1 spiro atoms. The van der Waals surface area contributed by atoms with Gasteiger partial charge in [-0.1, -0.05) is 27.4 Å². The van der Waals surface area contributed by atoms with Crippen molar-refractivity contribution in [3.8, 4) is 0 Å². The maximum atomic E-state index is 13.2. The second kappa shape index (κ2) is 8.23.